The molecule has 0 amide bonds. The maximum atomic E-state index is 14.0. The van der Waals surface area contributed by atoms with Crippen molar-refractivity contribution in [3.8, 4) is 0 Å². The molecule has 1 aromatic carbocycles. The van der Waals surface area contributed by atoms with Crippen molar-refractivity contribution < 1.29 is 17.7 Å². The third kappa shape index (κ3) is 3.86. The van der Waals surface area contributed by atoms with E-state index in [9.17, 15) is 22.9 Å². The van der Waals surface area contributed by atoms with Crippen LogP contribution in [0.3, 0.4) is 0 Å². The molecule has 0 radical (unpaired) electrons. The molecule has 1 unspecified atom stereocenters. The lowest BCUT2D eigenvalue weighted by Crippen LogP contribution is -2.37. The van der Waals surface area contributed by atoms with Crippen LogP contribution in [-0.4, -0.2) is 19.4 Å². The van der Waals surface area contributed by atoms with E-state index in [1.54, 1.807) is 20.8 Å². The summed E-state index contributed by atoms with van der Waals surface area (Å²) in [6.45, 7) is 5.21. The molecule has 1 aromatic rings. The first-order chi connectivity index (χ1) is 9.60. The number of sulfonamides is 1. The van der Waals surface area contributed by atoms with Crippen molar-refractivity contribution in [2.45, 2.75) is 31.7 Å². The zero-order chi connectivity index (χ0) is 16.4. The van der Waals surface area contributed by atoms with Gasteiger partial charge in [0.1, 0.15) is 4.90 Å². The fourth-order valence-electron chi connectivity index (χ4n) is 1.50. The van der Waals surface area contributed by atoms with Crippen LogP contribution in [0, 0.1) is 21.8 Å². The van der Waals surface area contributed by atoms with Gasteiger partial charge in [-0.15, -0.1) is 0 Å². The van der Waals surface area contributed by atoms with Crippen molar-refractivity contribution in [2.75, 3.05) is 5.43 Å². The van der Waals surface area contributed by atoms with Gasteiger partial charge in [-0.3, -0.25) is 16.0 Å². The molecule has 0 aliphatic rings. The zero-order valence-electron chi connectivity index (χ0n) is 11.8. The largest absolute Gasteiger partial charge is 0.323 e. The minimum absolute atomic E-state index is 0.0184. The summed E-state index contributed by atoms with van der Waals surface area (Å²) in [7, 11) is -4.21. The molecule has 0 spiro atoms. The number of anilines is 1. The zero-order valence-corrected chi connectivity index (χ0v) is 12.6. The number of hydrazine groups is 1. The van der Waals surface area contributed by atoms with Crippen LogP contribution in [0.1, 0.15) is 20.8 Å². The molecule has 4 N–H and O–H groups in total. The molecule has 0 aromatic heterocycles. The summed E-state index contributed by atoms with van der Waals surface area (Å²) in [6.07, 6.45) is 0. The van der Waals surface area contributed by atoms with Gasteiger partial charge in [-0.25, -0.2) is 17.5 Å². The number of hydrogen-bond acceptors (Lipinski definition) is 6. The van der Waals surface area contributed by atoms with E-state index in [2.05, 4.69) is 4.72 Å². The average molecular weight is 320 g/mol. The summed E-state index contributed by atoms with van der Waals surface area (Å²) in [4.78, 5) is 9.06. The van der Waals surface area contributed by atoms with Gasteiger partial charge in [0.2, 0.25) is 10.0 Å². The van der Waals surface area contributed by atoms with Gasteiger partial charge in [-0.05, 0) is 12.8 Å². The number of rotatable bonds is 6. The number of hydrogen-bond donors (Lipinski definition) is 3. The number of nitro benzene ring substituents is 1. The highest BCUT2D eigenvalue weighted by atomic mass is 32.2. The van der Waals surface area contributed by atoms with Gasteiger partial charge in [0.05, 0.1) is 16.7 Å². The Bertz CT molecular complexity index is 648. The fraction of sp³-hybridized carbons (Fsp3) is 0.455. The molecule has 0 aliphatic heterocycles. The van der Waals surface area contributed by atoms with Crippen LogP contribution in [0.2, 0.25) is 0 Å². The summed E-state index contributed by atoms with van der Waals surface area (Å²) < 4.78 is 40.7. The van der Waals surface area contributed by atoms with Gasteiger partial charge in [-0.1, -0.05) is 13.8 Å². The van der Waals surface area contributed by atoms with E-state index in [1.165, 1.54) is 0 Å². The van der Waals surface area contributed by atoms with Crippen molar-refractivity contribution in [1.82, 2.24) is 4.72 Å². The molecule has 8 nitrogen and oxygen atoms in total. The Morgan fingerprint density at radius 1 is 1.33 bits per heavy atom. The molecule has 0 fully saturated rings. The van der Waals surface area contributed by atoms with Crippen LogP contribution >= 0.6 is 0 Å². The smallest absolute Gasteiger partial charge is 0.274 e. The Kier molecular flexibility index (Phi) is 5.20. The Hall–Kier alpha value is -1.78. The van der Waals surface area contributed by atoms with Gasteiger partial charge in [0.15, 0.2) is 5.82 Å². The molecule has 0 saturated carbocycles. The molecule has 0 saturated heterocycles. The van der Waals surface area contributed by atoms with Crippen molar-refractivity contribution in [1.29, 1.82) is 0 Å². The number of benzene rings is 1. The Morgan fingerprint density at radius 3 is 2.33 bits per heavy atom. The second-order valence-corrected chi connectivity index (χ2v) is 6.51. The third-order valence-corrected chi connectivity index (χ3v) is 4.64. The first-order valence-corrected chi connectivity index (χ1v) is 7.55. The van der Waals surface area contributed by atoms with Crippen LogP contribution in [0.5, 0.6) is 0 Å². The summed E-state index contributed by atoms with van der Waals surface area (Å²) >= 11 is 0. The first kappa shape index (κ1) is 17.3. The predicted octanol–water partition coefficient (Wildman–Crippen LogP) is 1.34. The number of nitrogen functional groups attached to an aromatic ring is 1. The second-order valence-electron chi connectivity index (χ2n) is 4.86. The van der Waals surface area contributed by atoms with Gasteiger partial charge in [-0.2, -0.15) is 0 Å². The van der Waals surface area contributed by atoms with E-state index < -0.39 is 37.4 Å². The molecule has 0 heterocycles. The average Bonchev–Trinajstić information content (AvgIpc) is 2.36. The van der Waals surface area contributed by atoms with Gasteiger partial charge in [0.25, 0.3) is 5.69 Å². The topological polar surface area (TPSA) is 127 Å². The minimum Gasteiger partial charge on any atom is -0.323 e. The first-order valence-electron chi connectivity index (χ1n) is 6.07. The molecule has 0 aliphatic carbocycles. The highest BCUT2D eigenvalue weighted by molar-refractivity contribution is 7.89. The summed E-state index contributed by atoms with van der Waals surface area (Å²) in [6, 6.07) is 0.947. The van der Waals surface area contributed by atoms with Gasteiger partial charge < -0.3 is 5.43 Å². The molecule has 0 bridgehead atoms. The highest BCUT2D eigenvalue weighted by Gasteiger charge is 2.28. The van der Waals surface area contributed by atoms with E-state index in [0.717, 1.165) is 6.07 Å². The van der Waals surface area contributed by atoms with E-state index in [4.69, 9.17) is 5.84 Å². The number of nitro groups is 1. The predicted molar refractivity (Wildman–Crippen MR) is 75.5 cm³/mol. The van der Waals surface area contributed by atoms with Crippen LogP contribution < -0.4 is 16.0 Å². The van der Waals surface area contributed by atoms with Crippen molar-refractivity contribution in [3.63, 3.8) is 0 Å². The van der Waals surface area contributed by atoms with Gasteiger partial charge in [0, 0.05) is 12.1 Å². The summed E-state index contributed by atoms with van der Waals surface area (Å²) in [5.41, 5.74) is 0.992. The summed E-state index contributed by atoms with van der Waals surface area (Å²) in [5.74, 6) is 3.88. The van der Waals surface area contributed by atoms with Gasteiger partial charge >= 0.3 is 0 Å². The lowest BCUT2D eigenvalue weighted by Gasteiger charge is -2.19. The molecule has 10 heteroatoms. The number of halogens is 1. The Balaban J connectivity index is 3.38. The lowest BCUT2D eigenvalue weighted by atomic mass is 10.1. The van der Waals surface area contributed by atoms with E-state index in [1.807, 2.05) is 5.43 Å². The highest BCUT2D eigenvalue weighted by Crippen LogP contribution is 2.29. The molecular formula is C11H17FN4O4S. The van der Waals surface area contributed by atoms with Crippen LogP contribution in [-0.2, 0) is 10.0 Å². The van der Waals surface area contributed by atoms with E-state index in [-0.39, 0.29) is 11.6 Å². The minimum atomic E-state index is -4.21. The molecule has 1 rings (SSSR count). The SMILES string of the molecule is CC(C)C(C)NS(=O)(=O)c1c(F)cc([N+](=O)[O-])cc1NN. The second kappa shape index (κ2) is 6.33. The Labute approximate surface area is 121 Å². The van der Waals surface area contributed by atoms with Crippen molar-refractivity contribution in [3.05, 3.63) is 28.1 Å². The molecular weight excluding hydrogens is 303 g/mol. The van der Waals surface area contributed by atoms with Crippen LogP contribution in [0.25, 0.3) is 0 Å². The molecule has 118 valence electrons. The van der Waals surface area contributed by atoms with E-state index in [0.29, 0.717) is 6.07 Å². The number of nitrogens with zero attached hydrogens (tertiary/aromatic N) is 1. The molecule has 21 heavy (non-hydrogen) atoms. The number of nitrogens with two attached hydrogens (primary N) is 1. The normalized spacial score (nSPS) is 13.2. The third-order valence-electron chi connectivity index (χ3n) is 3.00. The van der Waals surface area contributed by atoms with Crippen molar-refractivity contribution >= 4 is 21.4 Å². The van der Waals surface area contributed by atoms with Crippen molar-refractivity contribution in [2.24, 2.45) is 11.8 Å². The fourth-order valence-corrected chi connectivity index (χ4v) is 3.11. The monoisotopic (exact) mass is 320 g/mol. The van der Waals surface area contributed by atoms with Crippen LogP contribution in [0.15, 0.2) is 17.0 Å². The van der Waals surface area contributed by atoms with Crippen LogP contribution in [0.4, 0.5) is 15.8 Å². The van der Waals surface area contributed by atoms with E-state index >= 15 is 0 Å². The lowest BCUT2D eigenvalue weighted by molar-refractivity contribution is -0.385. The standard InChI is InChI=1S/C11H17FN4O4S/c1-6(2)7(3)15-21(19,20)11-9(12)4-8(16(17)18)5-10(11)14-13/h4-7,14-15H,13H2,1-3H3. The maximum absolute atomic E-state index is 14.0. The number of nitrogens with one attached hydrogen (secondary N) is 2. The Morgan fingerprint density at radius 2 is 1.90 bits per heavy atom. The quantitative estimate of drug-likeness (QED) is 0.412. The summed E-state index contributed by atoms with van der Waals surface area (Å²) in [5, 5.41) is 10.7. The molecule has 1 atom stereocenters. The number of non-ortho nitro benzene ring substituents is 1. The maximum Gasteiger partial charge on any atom is 0.274 e.